The van der Waals surface area contributed by atoms with E-state index >= 15 is 0 Å². The third-order valence-corrected chi connectivity index (χ3v) is 5.31. The molecule has 2 saturated heterocycles. The van der Waals surface area contributed by atoms with Crippen molar-refractivity contribution in [3.05, 3.63) is 29.8 Å². The number of urea groups is 1. The summed E-state index contributed by atoms with van der Waals surface area (Å²) in [5.74, 6) is 0.915. The number of hydrogen-bond donors (Lipinski definition) is 2. The first-order valence-electron chi connectivity index (χ1n) is 8.88. The predicted molar refractivity (Wildman–Crippen MR) is 90.2 cm³/mol. The predicted octanol–water partition coefficient (Wildman–Crippen LogP) is 1.67. The highest BCUT2D eigenvalue weighted by molar-refractivity contribution is 5.75. The van der Waals surface area contributed by atoms with E-state index in [1.54, 1.807) is 0 Å². The first kappa shape index (κ1) is 15.7. The van der Waals surface area contributed by atoms with Crippen LogP contribution in [0.3, 0.4) is 0 Å². The minimum atomic E-state index is -0.164. The highest BCUT2D eigenvalue weighted by Crippen LogP contribution is 2.43. The Labute approximate surface area is 142 Å². The van der Waals surface area contributed by atoms with Crippen LogP contribution in [0, 0.1) is 0 Å². The van der Waals surface area contributed by atoms with E-state index in [1.807, 2.05) is 23.1 Å². The summed E-state index contributed by atoms with van der Waals surface area (Å²) >= 11 is 0. The molecule has 6 nitrogen and oxygen atoms in total. The van der Waals surface area contributed by atoms with E-state index in [-0.39, 0.29) is 17.7 Å². The summed E-state index contributed by atoms with van der Waals surface area (Å²) in [6, 6.07) is 8.10. The maximum absolute atomic E-state index is 12.7. The van der Waals surface area contributed by atoms with Crippen molar-refractivity contribution in [3.8, 4) is 5.75 Å². The molecule has 2 N–H and O–H groups in total. The lowest BCUT2D eigenvalue weighted by atomic mass is 9.81. The van der Waals surface area contributed by atoms with Crippen LogP contribution in [0.4, 0.5) is 4.79 Å². The van der Waals surface area contributed by atoms with Gasteiger partial charge < -0.3 is 25.0 Å². The van der Waals surface area contributed by atoms with Crippen molar-refractivity contribution in [2.75, 3.05) is 39.4 Å². The number of hydrogen-bond acceptors (Lipinski definition) is 4. The molecule has 3 heterocycles. The topological polar surface area (TPSA) is 62.8 Å². The Balaban J connectivity index is 1.55. The second-order valence-electron chi connectivity index (χ2n) is 6.88. The Hall–Kier alpha value is -1.79. The molecule has 0 aromatic heterocycles. The van der Waals surface area contributed by atoms with Crippen molar-refractivity contribution in [1.29, 1.82) is 0 Å². The van der Waals surface area contributed by atoms with Crippen molar-refractivity contribution in [3.63, 3.8) is 0 Å². The summed E-state index contributed by atoms with van der Waals surface area (Å²) in [7, 11) is 0. The number of carbonyl (C=O) groups is 1. The highest BCUT2D eigenvalue weighted by Gasteiger charge is 2.42. The quantitative estimate of drug-likeness (QED) is 0.822. The molecule has 24 heavy (non-hydrogen) atoms. The largest absolute Gasteiger partial charge is 0.487 e. The van der Waals surface area contributed by atoms with Gasteiger partial charge in [-0.2, -0.15) is 0 Å². The normalized spacial score (nSPS) is 25.7. The Morgan fingerprint density at radius 2 is 1.96 bits per heavy atom. The average molecular weight is 331 g/mol. The zero-order valence-electron chi connectivity index (χ0n) is 13.9. The molecule has 1 spiro atoms. The zero-order valence-corrected chi connectivity index (χ0v) is 13.9. The van der Waals surface area contributed by atoms with Gasteiger partial charge in [0.2, 0.25) is 0 Å². The van der Waals surface area contributed by atoms with Crippen LogP contribution in [0.1, 0.15) is 30.9 Å². The molecule has 0 bridgehead atoms. The Kier molecular flexibility index (Phi) is 4.33. The standard InChI is InChI=1S/C18H25N3O3/c22-17(21-9-11-23-12-10-21)20-15-13-18(5-7-19-8-6-18)24-16-4-2-1-3-14(15)16/h1-4,15,19H,5-13H2,(H,20,22). The van der Waals surface area contributed by atoms with Crippen molar-refractivity contribution in [1.82, 2.24) is 15.5 Å². The summed E-state index contributed by atoms with van der Waals surface area (Å²) in [5.41, 5.74) is 0.922. The fourth-order valence-corrected chi connectivity index (χ4v) is 3.94. The molecule has 3 aliphatic heterocycles. The maximum atomic E-state index is 12.7. The third-order valence-electron chi connectivity index (χ3n) is 5.31. The van der Waals surface area contributed by atoms with E-state index < -0.39 is 0 Å². The van der Waals surface area contributed by atoms with Crippen LogP contribution in [-0.4, -0.2) is 55.9 Å². The van der Waals surface area contributed by atoms with Gasteiger partial charge in [-0.1, -0.05) is 18.2 Å². The Morgan fingerprint density at radius 1 is 1.21 bits per heavy atom. The van der Waals surface area contributed by atoms with Gasteiger partial charge in [0.15, 0.2) is 0 Å². The van der Waals surface area contributed by atoms with Crippen molar-refractivity contribution in [2.45, 2.75) is 30.9 Å². The molecular formula is C18H25N3O3. The number of amides is 2. The monoisotopic (exact) mass is 331 g/mol. The summed E-state index contributed by atoms with van der Waals surface area (Å²) < 4.78 is 11.7. The second kappa shape index (κ2) is 6.61. The van der Waals surface area contributed by atoms with Gasteiger partial charge in [-0.25, -0.2) is 4.79 Å². The number of nitrogens with zero attached hydrogens (tertiary/aromatic N) is 1. The Morgan fingerprint density at radius 3 is 2.75 bits per heavy atom. The van der Waals surface area contributed by atoms with E-state index in [1.165, 1.54) is 0 Å². The number of carbonyl (C=O) groups excluding carboxylic acids is 1. The van der Waals surface area contributed by atoms with Gasteiger partial charge in [0.1, 0.15) is 11.4 Å². The number of fused-ring (bicyclic) bond motifs is 1. The molecule has 1 atom stereocenters. The van der Waals surface area contributed by atoms with Gasteiger partial charge in [-0.15, -0.1) is 0 Å². The summed E-state index contributed by atoms with van der Waals surface area (Å²) in [5, 5.41) is 6.65. The van der Waals surface area contributed by atoms with Crippen molar-refractivity contribution < 1.29 is 14.3 Å². The van der Waals surface area contributed by atoms with Gasteiger partial charge in [0.25, 0.3) is 0 Å². The number of nitrogens with one attached hydrogen (secondary N) is 2. The molecule has 4 rings (SSSR count). The van der Waals surface area contributed by atoms with Gasteiger partial charge in [-0.3, -0.25) is 0 Å². The number of rotatable bonds is 1. The van der Waals surface area contributed by atoms with Crippen LogP contribution in [0.5, 0.6) is 5.75 Å². The molecule has 2 fully saturated rings. The van der Waals surface area contributed by atoms with Crippen LogP contribution >= 0.6 is 0 Å². The van der Waals surface area contributed by atoms with Crippen LogP contribution < -0.4 is 15.4 Å². The molecule has 1 aromatic rings. The van der Waals surface area contributed by atoms with Crippen molar-refractivity contribution >= 4 is 6.03 Å². The summed E-state index contributed by atoms with van der Waals surface area (Å²) in [6.07, 6.45) is 2.79. The molecular weight excluding hydrogens is 306 g/mol. The third kappa shape index (κ3) is 3.08. The SMILES string of the molecule is O=C(NC1CC2(CCNCC2)Oc2ccccc21)N1CCOCC1. The van der Waals surface area contributed by atoms with Crippen LogP contribution in [-0.2, 0) is 4.74 Å². The van der Waals surface area contributed by atoms with Crippen LogP contribution in [0.15, 0.2) is 24.3 Å². The number of morpholine rings is 1. The van der Waals surface area contributed by atoms with E-state index in [0.717, 1.165) is 43.7 Å². The zero-order chi connectivity index (χ0) is 16.4. The number of benzene rings is 1. The van der Waals surface area contributed by atoms with E-state index in [2.05, 4.69) is 16.7 Å². The lowest BCUT2D eigenvalue weighted by Crippen LogP contribution is -2.53. The minimum absolute atomic E-state index is 0.00314. The summed E-state index contributed by atoms with van der Waals surface area (Å²) in [4.78, 5) is 14.5. The molecule has 3 aliphatic rings. The lowest BCUT2D eigenvalue weighted by molar-refractivity contribution is 0.00284. The molecule has 1 aromatic carbocycles. The molecule has 6 heteroatoms. The fraction of sp³-hybridized carbons (Fsp3) is 0.611. The molecule has 0 aliphatic carbocycles. The first-order chi connectivity index (χ1) is 11.8. The van der Waals surface area contributed by atoms with Crippen LogP contribution in [0.25, 0.3) is 0 Å². The van der Waals surface area contributed by atoms with Gasteiger partial charge in [-0.05, 0) is 32.0 Å². The number of ether oxygens (including phenoxy) is 2. The van der Waals surface area contributed by atoms with E-state index in [0.29, 0.717) is 26.3 Å². The van der Waals surface area contributed by atoms with E-state index in [9.17, 15) is 4.79 Å². The van der Waals surface area contributed by atoms with Gasteiger partial charge in [0, 0.05) is 25.1 Å². The maximum Gasteiger partial charge on any atom is 0.318 e. The van der Waals surface area contributed by atoms with Crippen LogP contribution in [0.2, 0.25) is 0 Å². The van der Waals surface area contributed by atoms with E-state index in [4.69, 9.17) is 9.47 Å². The molecule has 1 unspecified atom stereocenters. The van der Waals surface area contributed by atoms with Crippen molar-refractivity contribution in [2.24, 2.45) is 0 Å². The first-order valence-corrected chi connectivity index (χ1v) is 8.88. The average Bonchev–Trinajstić information content (AvgIpc) is 2.63. The van der Waals surface area contributed by atoms with Gasteiger partial charge >= 0.3 is 6.03 Å². The highest BCUT2D eigenvalue weighted by atomic mass is 16.5. The molecule has 2 amide bonds. The lowest BCUT2D eigenvalue weighted by Gasteiger charge is -2.45. The smallest absolute Gasteiger partial charge is 0.318 e. The van der Waals surface area contributed by atoms with Gasteiger partial charge in [0.05, 0.1) is 19.3 Å². The molecule has 0 saturated carbocycles. The Bertz CT molecular complexity index is 595. The number of piperidine rings is 1. The fourth-order valence-electron chi connectivity index (χ4n) is 3.94. The number of para-hydroxylation sites is 1. The molecule has 0 radical (unpaired) electrons. The summed E-state index contributed by atoms with van der Waals surface area (Å²) in [6.45, 7) is 4.48. The second-order valence-corrected chi connectivity index (χ2v) is 6.88. The minimum Gasteiger partial charge on any atom is -0.487 e. The molecule has 130 valence electrons.